The molecular formula is C15H24ClN3. The molecule has 19 heavy (non-hydrogen) atoms. The molecule has 1 fully saturated rings. The van der Waals surface area contributed by atoms with E-state index in [1.165, 1.54) is 50.3 Å². The van der Waals surface area contributed by atoms with Gasteiger partial charge in [0.25, 0.3) is 0 Å². The summed E-state index contributed by atoms with van der Waals surface area (Å²) in [5.41, 5.74) is 1.29. The van der Waals surface area contributed by atoms with E-state index >= 15 is 0 Å². The van der Waals surface area contributed by atoms with E-state index in [4.69, 9.17) is 16.6 Å². The molecule has 2 aliphatic rings. The molecule has 3 nitrogen and oxygen atoms in total. The van der Waals surface area contributed by atoms with Crippen LogP contribution >= 0.6 is 11.6 Å². The Morgan fingerprint density at radius 1 is 1.16 bits per heavy atom. The molecule has 0 unspecified atom stereocenters. The lowest BCUT2D eigenvalue weighted by atomic mass is 9.95. The average molecular weight is 282 g/mol. The third kappa shape index (κ3) is 2.55. The number of piperidine rings is 1. The maximum Gasteiger partial charge on any atom is 0.150 e. The van der Waals surface area contributed by atoms with Gasteiger partial charge in [0.15, 0.2) is 5.15 Å². The zero-order valence-electron chi connectivity index (χ0n) is 12.0. The zero-order valence-corrected chi connectivity index (χ0v) is 12.8. The Hall–Kier alpha value is -0.540. The summed E-state index contributed by atoms with van der Waals surface area (Å²) < 4.78 is 2.42. The van der Waals surface area contributed by atoms with Gasteiger partial charge in [0.1, 0.15) is 5.82 Å². The van der Waals surface area contributed by atoms with Crippen LogP contribution in [0.15, 0.2) is 0 Å². The van der Waals surface area contributed by atoms with Gasteiger partial charge in [-0.3, -0.25) is 0 Å². The first kappa shape index (κ1) is 13.4. The largest absolute Gasteiger partial charge is 0.330 e. The van der Waals surface area contributed by atoms with Crippen molar-refractivity contribution in [3.63, 3.8) is 0 Å². The van der Waals surface area contributed by atoms with Crippen LogP contribution in [0.1, 0.15) is 57.0 Å². The van der Waals surface area contributed by atoms with Crippen molar-refractivity contribution in [1.82, 2.24) is 14.5 Å². The van der Waals surface area contributed by atoms with Crippen molar-refractivity contribution in [2.24, 2.45) is 0 Å². The maximum absolute atomic E-state index is 6.32. The molecule has 1 aromatic heterocycles. The highest BCUT2D eigenvalue weighted by Crippen LogP contribution is 2.33. The summed E-state index contributed by atoms with van der Waals surface area (Å²) in [4.78, 5) is 7.26. The smallest absolute Gasteiger partial charge is 0.150 e. The molecule has 0 bridgehead atoms. The van der Waals surface area contributed by atoms with Gasteiger partial charge in [-0.2, -0.15) is 0 Å². The molecule has 4 heteroatoms. The molecule has 1 aromatic rings. The van der Waals surface area contributed by atoms with Gasteiger partial charge in [-0.05, 0) is 59.0 Å². The molecule has 0 aromatic carbocycles. The van der Waals surface area contributed by atoms with Crippen LogP contribution in [-0.2, 0) is 13.0 Å². The minimum Gasteiger partial charge on any atom is -0.330 e. The van der Waals surface area contributed by atoms with Gasteiger partial charge in [0.05, 0.1) is 5.69 Å². The lowest BCUT2D eigenvalue weighted by molar-refractivity contribution is 0.168. The fourth-order valence-corrected chi connectivity index (χ4v) is 3.79. The van der Waals surface area contributed by atoms with E-state index in [0.29, 0.717) is 12.0 Å². The van der Waals surface area contributed by atoms with Gasteiger partial charge < -0.3 is 9.47 Å². The van der Waals surface area contributed by atoms with E-state index in [2.05, 4.69) is 23.3 Å². The number of rotatable bonds is 2. The SMILES string of the molecule is CC(C)N1CCC(c2nc(Cl)c3n2CCCC3)CC1. The summed E-state index contributed by atoms with van der Waals surface area (Å²) in [6.07, 6.45) is 6.10. The Morgan fingerprint density at radius 3 is 2.58 bits per heavy atom. The van der Waals surface area contributed by atoms with Gasteiger partial charge in [-0.25, -0.2) is 4.98 Å². The number of aromatic nitrogens is 2. The molecule has 3 heterocycles. The molecule has 0 N–H and O–H groups in total. The van der Waals surface area contributed by atoms with E-state index < -0.39 is 0 Å². The Bertz CT molecular complexity index is 444. The molecule has 2 aliphatic heterocycles. The maximum atomic E-state index is 6.32. The minimum absolute atomic E-state index is 0.611. The van der Waals surface area contributed by atoms with E-state index in [-0.39, 0.29) is 0 Å². The third-order valence-electron chi connectivity index (χ3n) is 4.72. The van der Waals surface area contributed by atoms with Gasteiger partial charge in [0.2, 0.25) is 0 Å². The van der Waals surface area contributed by atoms with Gasteiger partial charge in [-0.15, -0.1) is 0 Å². The molecule has 106 valence electrons. The van der Waals surface area contributed by atoms with Gasteiger partial charge >= 0.3 is 0 Å². The molecule has 0 atom stereocenters. The van der Waals surface area contributed by atoms with Crippen molar-refractivity contribution >= 4 is 11.6 Å². The molecule has 0 radical (unpaired) electrons. The van der Waals surface area contributed by atoms with Gasteiger partial charge in [-0.1, -0.05) is 11.6 Å². The van der Waals surface area contributed by atoms with Crippen molar-refractivity contribution < 1.29 is 0 Å². The first-order valence-corrected chi connectivity index (χ1v) is 8.03. The quantitative estimate of drug-likeness (QED) is 0.828. The molecule has 0 saturated carbocycles. The first-order valence-electron chi connectivity index (χ1n) is 7.65. The van der Waals surface area contributed by atoms with E-state index in [1.807, 2.05) is 0 Å². The highest BCUT2D eigenvalue weighted by Gasteiger charge is 2.28. The van der Waals surface area contributed by atoms with E-state index in [1.54, 1.807) is 0 Å². The summed E-state index contributed by atoms with van der Waals surface area (Å²) in [6, 6.07) is 0.665. The van der Waals surface area contributed by atoms with Gasteiger partial charge in [0, 0.05) is 18.5 Å². The standard InChI is InChI=1S/C15H24ClN3/c1-11(2)18-9-6-12(7-10-18)15-17-14(16)13-5-3-4-8-19(13)15/h11-12H,3-10H2,1-2H3. The van der Waals surface area contributed by atoms with E-state index in [0.717, 1.165) is 18.1 Å². The Balaban J connectivity index is 1.77. The van der Waals surface area contributed by atoms with Crippen molar-refractivity contribution in [2.45, 2.75) is 64.5 Å². The average Bonchev–Trinajstić information content (AvgIpc) is 2.77. The number of likely N-dealkylation sites (tertiary alicyclic amines) is 1. The van der Waals surface area contributed by atoms with Crippen LogP contribution in [0.25, 0.3) is 0 Å². The number of nitrogens with zero attached hydrogens (tertiary/aromatic N) is 3. The van der Waals surface area contributed by atoms with E-state index in [9.17, 15) is 0 Å². The predicted octanol–water partition coefficient (Wildman–Crippen LogP) is 3.46. The highest BCUT2D eigenvalue weighted by atomic mass is 35.5. The summed E-state index contributed by atoms with van der Waals surface area (Å²) in [6.45, 7) is 8.09. The molecule has 3 rings (SSSR count). The van der Waals surface area contributed by atoms with Crippen molar-refractivity contribution in [2.75, 3.05) is 13.1 Å². The van der Waals surface area contributed by atoms with Crippen LogP contribution in [-0.4, -0.2) is 33.6 Å². The molecule has 0 amide bonds. The highest BCUT2D eigenvalue weighted by molar-refractivity contribution is 6.30. The Morgan fingerprint density at radius 2 is 1.89 bits per heavy atom. The number of fused-ring (bicyclic) bond motifs is 1. The second-order valence-corrected chi connectivity index (χ2v) is 6.58. The van der Waals surface area contributed by atoms with Crippen molar-refractivity contribution in [3.8, 4) is 0 Å². The number of halogens is 1. The lowest BCUT2D eigenvalue weighted by Crippen LogP contribution is -2.38. The number of hydrogen-bond acceptors (Lipinski definition) is 2. The fraction of sp³-hybridized carbons (Fsp3) is 0.800. The second-order valence-electron chi connectivity index (χ2n) is 6.22. The molecule has 0 spiro atoms. The molecule has 0 aliphatic carbocycles. The Labute approximate surface area is 121 Å². The number of hydrogen-bond donors (Lipinski definition) is 0. The lowest BCUT2D eigenvalue weighted by Gasteiger charge is -2.34. The summed E-state index contributed by atoms with van der Waals surface area (Å²) in [5, 5.41) is 0.765. The normalized spacial score (nSPS) is 21.9. The Kier molecular flexibility index (Phi) is 3.86. The van der Waals surface area contributed by atoms with Crippen LogP contribution in [0, 0.1) is 0 Å². The van der Waals surface area contributed by atoms with Crippen molar-refractivity contribution in [3.05, 3.63) is 16.7 Å². The van der Waals surface area contributed by atoms with Crippen LogP contribution in [0.5, 0.6) is 0 Å². The summed E-state index contributed by atoms with van der Waals surface area (Å²) >= 11 is 6.32. The van der Waals surface area contributed by atoms with Crippen LogP contribution in [0.3, 0.4) is 0 Å². The van der Waals surface area contributed by atoms with Crippen LogP contribution in [0.4, 0.5) is 0 Å². The third-order valence-corrected chi connectivity index (χ3v) is 5.03. The van der Waals surface area contributed by atoms with Crippen LogP contribution < -0.4 is 0 Å². The molecular weight excluding hydrogens is 258 g/mol. The topological polar surface area (TPSA) is 21.1 Å². The monoisotopic (exact) mass is 281 g/mol. The summed E-state index contributed by atoms with van der Waals surface area (Å²) in [5.74, 6) is 1.88. The van der Waals surface area contributed by atoms with Crippen molar-refractivity contribution in [1.29, 1.82) is 0 Å². The predicted molar refractivity (Wildman–Crippen MR) is 78.9 cm³/mol. The second kappa shape index (κ2) is 5.45. The minimum atomic E-state index is 0.611. The first-order chi connectivity index (χ1) is 9.16. The fourth-order valence-electron chi connectivity index (χ4n) is 3.51. The number of imidazole rings is 1. The summed E-state index contributed by atoms with van der Waals surface area (Å²) in [7, 11) is 0. The zero-order chi connectivity index (χ0) is 13.4. The van der Waals surface area contributed by atoms with Crippen LogP contribution in [0.2, 0.25) is 5.15 Å². The molecule has 1 saturated heterocycles.